The van der Waals surface area contributed by atoms with Gasteiger partial charge in [-0.25, -0.2) is 0 Å². The molecule has 0 spiro atoms. The predicted molar refractivity (Wildman–Crippen MR) is 76.6 cm³/mol. The molecule has 1 aliphatic heterocycles. The van der Waals surface area contributed by atoms with Crippen molar-refractivity contribution in [3.8, 4) is 0 Å². The Morgan fingerprint density at radius 2 is 2.00 bits per heavy atom. The van der Waals surface area contributed by atoms with Gasteiger partial charge in [0.25, 0.3) is 0 Å². The van der Waals surface area contributed by atoms with Crippen molar-refractivity contribution in [3.05, 3.63) is 0 Å². The van der Waals surface area contributed by atoms with E-state index < -0.39 is 5.97 Å². The number of nitrogens with one attached hydrogen (secondary N) is 2. The third-order valence-corrected chi connectivity index (χ3v) is 4.02. The Morgan fingerprint density at radius 3 is 2.65 bits per heavy atom. The summed E-state index contributed by atoms with van der Waals surface area (Å²) in [6, 6.07) is -0.0904. The molecule has 1 fully saturated rings. The summed E-state index contributed by atoms with van der Waals surface area (Å²) >= 11 is 1.72. The average Bonchev–Trinajstić information content (AvgIpc) is 2.36. The van der Waals surface area contributed by atoms with Gasteiger partial charge in [0.1, 0.15) is 0 Å². The highest BCUT2D eigenvalue weighted by Crippen LogP contribution is 2.18. The van der Waals surface area contributed by atoms with Crippen molar-refractivity contribution in [2.75, 3.05) is 37.7 Å². The van der Waals surface area contributed by atoms with Crippen molar-refractivity contribution >= 4 is 29.5 Å². The van der Waals surface area contributed by atoms with Gasteiger partial charge < -0.3 is 15.7 Å². The molecule has 1 saturated heterocycles. The molecule has 1 unspecified atom stereocenters. The number of aliphatic carboxylic acids is 1. The smallest absolute Gasteiger partial charge is 0.304 e. The van der Waals surface area contributed by atoms with Crippen LogP contribution in [0.2, 0.25) is 0 Å². The Kier molecular flexibility index (Phi) is 7.38. The van der Waals surface area contributed by atoms with Crippen LogP contribution in [0.3, 0.4) is 0 Å². The molecule has 0 aliphatic carbocycles. The van der Waals surface area contributed by atoms with Gasteiger partial charge in [0, 0.05) is 44.1 Å². The molecule has 0 saturated carbocycles. The molecule has 3 N–H and O–H groups in total. The molecule has 1 aliphatic rings. The Hall–Kier alpha value is -1.28. The lowest BCUT2D eigenvalue weighted by Crippen LogP contribution is -2.49. The van der Waals surface area contributed by atoms with Crippen LogP contribution >= 0.6 is 11.8 Å². The number of carboxylic acid groups (broad SMARTS) is 1. The summed E-state index contributed by atoms with van der Waals surface area (Å²) in [4.78, 5) is 35.1. The minimum Gasteiger partial charge on any atom is -0.481 e. The van der Waals surface area contributed by atoms with Gasteiger partial charge >= 0.3 is 5.97 Å². The molecule has 0 bridgehead atoms. The highest BCUT2D eigenvalue weighted by molar-refractivity contribution is 7.99. The summed E-state index contributed by atoms with van der Waals surface area (Å²) in [5.74, 6) is 0.542. The van der Waals surface area contributed by atoms with Gasteiger partial charge in [0.15, 0.2) is 0 Å². The van der Waals surface area contributed by atoms with Gasteiger partial charge in [0.05, 0.1) is 13.0 Å². The van der Waals surface area contributed by atoms with E-state index in [1.54, 1.807) is 11.8 Å². The van der Waals surface area contributed by atoms with Crippen molar-refractivity contribution in [2.24, 2.45) is 0 Å². The molecule has 1 rings (SSSR count). The summed E-state index contributed by atoms with van der Waals surface area (Å²) in [5.41, 5.74) is 0. The van der Waals surface area contributed by atoms with Crippen LogP contribution < -0.4 is 10.6 Å². The minimum absolute atomic E-state index is 0.0617. The fourth-order valence-corrected chi connectivity index (χ4v) is 3.10. The second kappa shape index (κ2) is 8.80. The number of amides is 2. The summed E-state index contributed by atoms with van der Waals surface area (Å²) in [7, 11) is 0. The number of hydrogen-bond donors (Lipinski definition) is 3. The Balaban J connectivity index is 2.30. The minimum atomic E-state index is -0.839. The van der Waals surface area contributed by atoms with Crippen LogP contribution in [0.5, 0.6) is 0 Å². The molecule has 0 radical (unpaired) electrons. The molecule has 8 heteroatoms. The lowest BCUT2D eigenvalue weighted by molar-refractivity contribution is -0.138. The molecule has 20 heavy (non-hydrogen) atoms. The number of rotatable bonds is 7. The van der Waals surface area contributed by atoms with Crippen molar-refractivity contribution in [1.82, 2.24) is 15.5 Å². The maximum atomic E-state index is 11.8. The zero-order valence-electron chi connectivity index (χ0n) is 11.6. The quantitative estimate of drug-likeness (QED) is 0.529. The SMILES string of the molecule is CC(=O)NCCNC(=O)CN1CCSCC1CC(=O)O. The van der Waals surface area contributed by atoms with E-state index in [1.165, 1.54) is 6.92 Å². The third kappa shape index (κ3) is 6.76. The van der Waals surface area contributed by atoms with Crippen LogP contribution in [0.15, 0.2) is 0 Å². The Labute approximate surface area is 122 Å². The fourth-order valence-electron chi connectivity index (χ4n) is 1.97. The van der Waals surface area contributed by atoms with Crippen LogP contribution in [0.1, 0.15) is 13.3 Å². The highest BCUT2D eigenvalue weighted by Gasteiger charge is 2.26. The molecule has 0 aromatic heterocycles. The lowest BCUT2D eigenvalue weighted by atomic mass is 10.2. The molecule has 1 atom stereocenters. The fraction of sp³-hybridized carbons (Fsp3) is 0.750. The first kappa shape index (κ1) is 16.8. The van der Waals surface area contributed by atoms with Gasteiger partial charge in [0.2, 0.25) is 11.8 Å². The van der Waals surface area contributed by atoms with E-state index >= 15 is 0 Å². The highest BCUT2D eigenvalue weighted by atomic mass is 32.2. The van der Waals surface area contributed by atoms with E-state index in [2.05, 4.69) is 10.6 Å². The van der Waals surface area contributed by atoms with Crippen molar-refractivity contribution in [1.29, 1.82) is 0 Å². The summed E-state index contributed by atoms with van der Waals surface area (Å²) < 4.78 is 0. The van der Waals surface area contributed by atoms with E-state index in [1.807, 2.05) is 4.90 Å². The van der Waals surface area contributed by atoms with E-state index in [0.29, 0.717) is 13.1 Å². The second-order valence-corrected chi connectivity index (χ2v) is 5.78. The van der Waals surface area contributed by atoms with Gasteiger partial charge in [-0.3, -0.25) is 19.3 Å². The number of carbonyl (C=O) groups is 3. The Morgan fingerprint density at radius 1 is 1.30 bits per heavy atom. The monoisotopic (exact) mass is 303 g/mol. The Bertz CT molecular complexity index is 365. The van der Waals surface area contributed by atoms with Gasteiger partial charge in [-0.2, -0.15) is 11.8 Å². The normalized spacial score (nSPS) is 19.4. The van der Waals surface area contributed by atoms with Gasteiger partial charge in [-0.05, 0) is 0 Å². The van der Waals surface area contributed by atoms with Crippen LogP contribution in [-0.2, 0) is 14.4 Å². The van der Waals surface area contributed by atoms with Crippen molar-refractivity contribution in [2.45, 2.75) is 19.4 Å². The molecule has 1 heterocycles. The van der Waals surface area contributed by atoms with Crippen LogP contribution in [0.4, 0.5) is 0 Å². The molecular formula is C12H21N3O4S. The zero-order valence-corrected chi connectivity index (χ0v) is 12.4. The third-order valence-electron chi connectivity index (χ3n) is 2.93. The van der Waals surface area contributed by atoms with Crippen molar-refractivity contribution < 1.29 is 19.5 Å². The summed E-state index contributed by atoms with van der Waals surface area (Å²) in [5, 5.41) is 14.2. The molecule has 0 aromatic rings. The largest absolute Gasteiger partial charge is 0.481 e. The number of hydrogen-bond acceptors (Lipinski definition) is 5. The number of thioether (sulfide) groups is 1. The second-order valence-electron chi connectivity index (χ2n) is 4.63. The van der Waals surface area contributed by atoms with Gasteiger partial charge in [-0.15, -0.1) is 0 Å². The summed E-state index contributed by atoms with van der Waals surface area (Å²) in [6.07, 6.45) is 0.0617. The predicted octanol–water partition coefficient (Wildman–Crippen LogP) is -0.869. The molecular weight excluding hydrogens is 282 g/mol. The number of nitrogens with zero attached hydrogens (tertiary/aromatic N) is 1. The molecule has 7 nitrogen and oxygen atoms in total. The summed E-state index contributed by atoms with van der Waals surface area (Å²) in [6.45, 7) is 3.13. The maximum absolute atomic E-state index is 11.8. The van der Waals surface area contributed by atoms with E-state index in [4.69, 9.17) is 5.11 Å². The average molecular weight is 303 g/mol. The van der Waals surface area contributed by atoms with E-state index in [-0.39, 0.29) is 30.8 Å². The van der Waals surface area contributed by atoms with E-state index in [0.717, 1.165) is 18.1 Å². The van der Waals surface area contributed by atoms with Crippen LogP contribution in [-0.4, -0.2) is 71.5 Å². The number of carboxylic acids is 1. The topological polar surface area (TPSA) is 98.7 Å². The van der Waals surface area contributed by atoms with Crippen molar-refractivity contribution in [3.63, 3.8) is 0 Å². The lowest BCUT2D eigenvalue weighted by Gasteiger charge is -2.33. The van der Waals surface area contributed by atoms with E-state index in [9.17, 15) is 14.4 Å². The maximum Gasteiger partial charge on any atom is 0.304 e. The first-order chi connectivity index (χ1) is 9.49. The molecule has 2 amide bonds. The van der Waals surface area contributed by atoms with Gasteiger partial charge in [-0.1, -0.05) is 0 Å². The first-order valence-electron chi connectivity index (χ1n) is 6.53. The van der Waals surface area contributed by atoms with Crippen LogP contribution in [0.25, 0.3) is 0 Å². The molecule has 0 aromatic carbocycles. The molecule has 114 valence electrons. The standard InChI is InChI=1S/C12H21N3O4S/c1-9(16)13-2-3-14-11(17)7-15-4-5-20-8-10(15)6-12(18)19/h10H,2-8H2,1H3,(H,13,16)(H,14,17)(H,18,19). The number of carbonyl (C=O) groups excluding carboxylic acids is 2. The first-order valence-corrected chi connectivity index (χ1v) is 7.69. The zero-order chi connectivity index (χ0) is 15.0. The van der Waals surface area contributed by atoms with Crippen LogP contribution in [0, 0.1) is 0 Å².